The lowest BCUT2D eigenvalue weighted by atomic mass is 10.1. The molecule has 1 fully saturated rings. The molecule has 1 aromatic carbocycles. The Morgan fingerprint density at radius 2 is 2.06 bits per heavy atom. The quantitative estimate of drug-likeness (QED) is 0.375. The molecule has 1 atom stereocenters. The van der Waals surface area contributed by atoms with E-state index in [0.717, 1.165) is 81.7 Å². The molecule has 2 aliphatic rings. The molecule has 188 valence electrons. The summed E-state index contributed by atoms with van der Waals surface area (Å²) in [5.41, 5.74) is 2.32. The summed E-state index contributed by atoms with van der Waals surface area (Å²) < 4.78 is 13.5. The number of amides is 1. The molecular weight excluding hydrogens is 471 g/mol. The van der Waals surface area contributed by atoms with Crippen molar-refractivity contribution in [2.75, 3.05) is 25.0 Å². The molecule has 0 saturated heterocycles. The van der Waals surface area contributed by atoms with Gasteiger partial charge in [-0.2, -0.15) is 0 Å². The summed E-state index contributed by atoms with van der Waals surface area (Å²) in [5, 5.41) is 15.6. The normalized spacial score (nSPS) is 15.9. The maximum Gasteiger partial charge on any atom is 0.326 e. The van der Waals surface area contributed by atoms with Crippen LogP contribution >= 0.6 is 11.6 Å². The number of nitrogens with zero attached hydrogens (tertiary/aromatic N) is 2. The van der Waals surface area contributed by atoms with Gasteiger partial charge in [-0.25, -0.2) is 14.2 Å². The van der Waals surface area contributed by atoms with Crippen molar-refractivity contribution in [3.8, 4) is 0 Å². The molecule has 9 heteroatoms. The fraction of sp³-hybridized carbons (Fsp3) is 0.500. The standard InChI is InChI=1S/C26H32ClFN4O3/c27-22-11-7-18(28)16-21(22)25(33)31-23(26(34)35)12-15-32(20-9-10-20)14-2-1-5-19-8-6-17-4-3-13-29-24(17)30-19/h6-8,11,16,20,23H,1-5,9-10,12-15H2,(H,29,30)(H,31,33)(H,34,35). The summed E-state index contributed by atoms with van der Waals surface area (Å²) in [7, 11) is 0. The number of hydrogen-bond acceptors (Lipinski definition) is 5. The van der Waals surface area contributed by atoms with Crippen molar-refractivity contribution in [3.63, 3.8) is 0 Å². The Kier molecular flexibility index (Phi) is 8.57. The number of carboxylic acids is 1. The van der Waals surface area contributed by atoms with Gasteiger partial charge >= 0.3 is 5.97 Å². The van der Waals surface area contributed by atoms with Crippen LogP contribution < -0.4 is 10.6 Å². The molecule has 1 saturated carbocycles. The van der Waals surface area contributed by atoms with Crippen LogP contribution in [0, 0.1) is 5.82 Å². The first kappa shape index (κ1) is 25.4. The van der Waals surface area contributed by atoms with E-state index < -0.39 is 23.7 Å². The van der Waals surface area contributed by atoms with Crippen molar-refractivity contribution in [1.29, 1.82) is 0 Å². The lowest BCUT2D eigenvalue weighted by Crippen LogP contribution is -2.43. The number of nitrogens with one attached hydrogen (secondary N) is 2. The number of rotatable bonds is 12. The van der Waals surface area contributed by atoms with Gasteiger partial charge in [-0.3, -0.25) is 4.79 Å². The number of hydrogen-bond donors (Lipinski definition) is 3. The lowest BCUT2D eigenvalue weighted by molar-refractivity contribution is -0.139. The second kappa shape index (κ2) is 11.8. The van der Waals surface area contributed by atoms with Crippen molar-refractivity contribution in [1.82, 2.24) is 15.2 Å². The molecule has 1 aliphatic carbocycles. The molecule has 1 aromatic heterocycles. The molecular formula is C26H32ClFN4O3. The van der Waals surface area contributed by atoms with Crippen LogP contribution in [0.4, 0.5) is 10.2 Å². The molecule has 2 aromatic rings. The molecule has 0 bridgehead atoms. The predicted molar refractivity (Wildman–Crippen MR) is 133 cm³/mol. The third-order valence-corrected chi connectivity index (χ3v) is 6.95. The predicted octanol–water partition coefficient (Wildman–Crippen LogP) is 4.29. The van der Waals surface area contributed by atoms with E-state index in [1.165, 1.54) is 11.6 Å². The number of carboxylic acid groups (broad SMARTS) is 1. The third kappa shape index (κ3) is 7.15. The zero-order valence-corrected chi connectivity index (χ0v) is 20.5. The Bertz CT molecular complexity index is 1060. The van der Waals surface area contributed by atoms with Crippen LogP contribution in [-0.2, 0) is 17.6 Å². The number of carbonyl (C=O) groups is 2. The Morgan fingerprint density at radius 1 is 1.23 bits per heavy atom. The highest BCUT2D eigenvalue weighted by Crippen LogP contribution is 2.28. The highest BCUT2D eigenvalue weighted by molar-refractivity contribution is 6.33. The molecule has 0 spiro atoms. The number of anilines is 1. The molecule has 35 heavy (non-hydrogen) atoms. The minimum absolute atomic E-state index is 0.0667. The number of aromatic nitrogens is 1. The van der Waals surface area contributed by atoms with Gasteiger partial charge in [0.15, 0.2) is 0 Å². The van der Waals surface area contributed by atoms with Crippen LogP contribution in [0.5, 0.6) is 0 Å². The summed E-state index contributed by atoms with van der Waals surface area (Å²) in [5.74, 6) is -1.39. The third-order valence-electron chi connectivity index (χ3n) is 6.62. The molecule has 7 nitrogen and oxygen atoms in total. The lowest BCUT2D eigenvalue weighted by Gasteiger charge is -2.24. The highest BCUT2D eigenvalue weighted by atomic mass is 35.5. The first-order valence-corrected chi connectivity index (χ1v) is 12.7. The average Bonchev–Trinajstić information content (AvgIpc) is 3.69. The molecule has 3 N–H and O–H groups in total. The van der Waals surface area contributed by atoms with Gasteiger partial charge in [0.2, 0.25) is 0 Å². The van der Waals surface area contributed by atoms with E-state index in [1.807, 2.05) is 0 Å². The smallest absolute Gasteiger partial charge is 0.326 e. The Morgan fingerprint density at radius 3 is 2.83 bits per heavy atom. The van der Waals surface area contributed by atoms with E-state index in [4.69, 9.17) is 16.6 Å². The van der Waals surface area contributed by atoms with E-state index >= 15 is 0 Å². The van der Waals surface area contributed by atoms with Crippen molar-refractivity contribution in [3.05, 3.63) is 58.0 Å². The number of fused-ring (bicyclic) bond motifs is 1. The van der Waals surface area contributed by atoms with Crippen molar-refractivity contribution >= 4 is 29.3 Å². The van der Waals surface area contributed by atoms with Crippen LogP contribution in [0.3, 0.4) is 0 Å². The van der Waals surface area contributed by atoms with Crippen LogP contribution in [0.2, 0.25) is 5.02 Å². The summed E-state index contributed by atoms with van der Waals surface area (Å²) >= 11 is 5.99. The van der Waals surface area contributed by atoms with Gasteiger partial charge in [-0.1, -0.05) is 17.7 Å². The first-order chi connectivity index (χ1) is 16.9. The fourth-order valence-corrected chi connectivity index (χ4v) is 4.71. The van der Waals surface area contributed by atoms with Gasteiger partial charge in [-0.15, -0.1) is 0 Å². The van der Waals surface area contributed by atoms with Gasteiger partial charge in [0.05, 0.1) is 10.6 Å². The maximum atomic E-state index is 13.5. The molecule has 0 radical (unpaired) electrons. The number of carbonyl (C=O) groups excluding carboxylic acids is 1. The zero-order valence-electron chi connectivity index (χ0n) is 19.7. The number of unbranched alkanes of at least 4 members (excludes halogenated alkanes) is 1. The van der Waals surface area contributed by atoms with Gasteiger partial charge < -0.3 is 20.6 Å². The minimum atomic E-state index is -1.12. The summed E-state index contributed by atoms with van der Waals surface area (Å²) in [6, 6.07) is 7.15. The van der Waals surface area contributed by atoms with Crippen molar-refractivity contribution in [2.45, 2.75) is 63.5 Å². The van der Waals surface area contributed by atoms with Crippen LogP contribution in [0.1, 0.15) is 60.1 Å². The van der Waals surface area contributed by atoms with E-state index in [9.17, 15) is 19.1 Å². The molecule has 2 heterocycles. The zero-order chi connectivity index (χ0) is 24.8. The van der Waals surface area contributed by atoms with E-state index in [0.29, 0.717) is 12.6 Å². The Hall–Kier alpha value is -2.71. The van der Waals surface area contributed by atoms with Crippen LogP contribution in [0.15, 0.2) is 30.3 Å². The first-order valence-electron chi connectivity index (χ1n) is 12.4. The largest absolute Gasteiger partial charge is 0.480 e. The fourth-order valence-electron chi connectivity index (χ4n) is 4.51. The molecule has 4 rings (SSSR count). The Balaban J connectivity index is 1.25. The number of aryl methyl sites for hydroxylation is 2. The second-order valence-corrected chi connectivity index (χ2v) is 9.75. The molecule has 1 unspecified atom stereocenters. The minimum Gasteiger partial charge on any atom is -0.480 e. The highest BCUT2D eigenvalue weighted by Gasteiger charge is 2.30. The Labute approximate surface area is 210 Å². The van der Waals surface area contributed by atoms with Crippen molar-refractivity contribution in [2.24, 2.45) is 0 Å². The average molecular weight is 503 g/mol. The van der Waals surface area contributed by atoms with Crippen molar-refractivity contribution < 1.29 is 19.1 Å². The molecule has 1 aliphatic heterocycles. The summed E-state index contributed by atoms with van der Waals surface area (Å²) in [4.78, 5) is 31.4. The van der Waals surface area contributed by atoms with Gasteiger partial charge in [0, 0.05) is 24.8 Å². The SMILES string of the molecule is O=C(NC(CCN(CCCCc1ccc2c(n1)NCCC2)C1CC1)C(=O)O)c1cc(F)ccc1Cl. The van der Waals surface area contributed by atoms with E-state index in [-0.39, 0.29) is 17.0 Å². The monoisotopic (exact) mass is 502 g/mol. The van der Waals surface area contributed by atoms with Crippen LogP contribution in [-0.4, -0.2) is 58.6 Å². The van der Waals surface area contributed by atoms with E-state index in [2.05, 4.69) is 27.7 Å². The number of pyridine rings is 1. The van der Waals surface area contributed by atoms with E-state index in [1.54, 1.807) is 0 Å². The number of benzene rings is 1. The second-order valence-electron chi connectivity index (χ2n) is 9.34. The maximum absolute atomic E-state index is 13.5. The number of halogens is 2. The summed E-state index contributed by atoms with van der Waals surface area (Å²) in [6.07, 6.45) is 7.63. The molecule has 1 amide bonds. The van der Waals surface area contributed by atoms with Gasteiger partial charge in [0.25, 0.3) is 5.91 Å². The number of aliphatic carboxylic acids is 1. The van der Waals surface area contributed by atoms with Crippen LogP contribution in [0.25, 0.3) is 0 Å². The topological polar surface area (TPSA) is 94.6 Å². The summed E-state index contributed by atoms with van der Waals surface area (Å²) in [6.45, 7) is 2.43. The van der Waals surface area contributed by atoms with Gasteiger partial charge in [0.1, 0.15) is 17.7 Å². The van der Waals surface area contributed by atoms with Gasteiger partial charge in [-0.05, 0) is 87.7 Å².